The second-order valence-corrected chi connectivity index (χ2v) is 7.64. The van der Waals surface area contributed by atoms with Gasteiger partial charge in [-0.2, -0.15) is 0 Å². The van der Waals surface area contributed by atoms with Gasteiger partial charge in [0.25, 0.3) is 21.5 Å². The number of ether oxygens (including phenoxy) is 1. The smallest absolute Gasteiger partial charge is 0.270 e. The Morgan fingerprint density at radius 2 is 1.81 bits per heavy atom. The first-order valence-corrected chi connectivity index (χ1v) is 9.31. The number of nitrogens with one attached hydrogen (secondary N) is 2. The minimum absolute atomic E-state index is 0.0488. The van der Waals surface area contributed by atoms with Crippen molar-refractivity contribution in [1.82, 2.24) is 9.71 Å². The zero-order valence-corrected chi connectivity index (χ0v) is 14.3. The van der Waals surface area contributed by atoms with Crippen molar-refractivity contribution in [2.24, 2.45) is 0 Å². The van der Waals surface area contributed by atoms with E-state index in [4.69, 9.17) is 4.74 Å². The Labute approximate surface area is 148 Å². The Balaban J connectivity index is 1.67. The number of carbonyl (C=O) groups excluding carboxylic acids is 1. The molecule has 1 aliphatic rings. The first kappa shape index (κ1) is 16.5. The molecule has 3 aromatic rings. The molecule has 0 atom stereocenters. The van der Waals surface area contributed by atoms with Crippen LogP contribution < -0.4 is 10.3 Å². The fourth-order valence-electron chi connectivity index (χ4n) is 2.87. The maximum absolute atomic E-state index is 12.5. The van der Waals surface area contributed by atoms with Gasteiger partial charge in [0.1, 0.15) is 5.56 Å². The summed E-state index contributed by atoms with van der Waals surface area (Å²) < 4.78 is 32.2. The molecular weight excluding hydrogens is 356 g/mol. The Hall–Kier alpha value is -2.97. The van der Waals surface area contributed by atoms with Gasteiger partial charge in [-0.25, -0.2) is 13.1 Å². The maximum atomic E-state index is 12.5. The van der Waals surface area contributed by atoms with Crippen molar-refractivity contribution in [1.29, 1.82) is 0 Å². The highest BCUT2D eigenvalue weighted by Crippen LogP contribution is 2.23. The number of aromatic amines is 1. The van der Waals surface area contributed by atoms with Gasteiger partial charge in [0.2, 0.25) is 0 Å². The normalized spacial score (nSPS) is 13.5. The predicted molar refractivity (Wildman–Crippen MR) is 94.2 cm³/mol. The molecule has 0 saturated carbocycles. The Kier molecular flexibility index (Phi) is 3.86. The van der Waals surface area contributed by atoms with Crippen molar-refractivity contribution in [3.8, 4) is 0 Å². The summed E-state index contributed by atoms with van der Waals surface area (Å²) in [5.41, 5.74) is 1.33. The van der Waals surface area contributed by atoms with Crippen molar-refractivity contribution >= 4 is 26.8 Å². The fourth-order valence-corrected chi connectivity index (χ4v) is 3.88. The van der Waals surface area contributed by atoms with Crippen LogP contribution in [0.15, 0.2) is 58.2 Å². The van der Waals surface area contributed by atoms with Crippen LogP contribution in [0.3, 0.4) is 0 Å². The molecule has 7 nitrogen and oxygen atoms in total. The lowest BCUT2D eigenvalue weighted by molar-refractivity contribution is 0.0980. The largest absolute Gasteiger partial charge is 0.372 e. The molecule has 26 heavy (non-hydrogen) atoms. The molecule has 0 saturated heterocycles. The van der Waals surface area contributed by atoms with Gasteiger partial charge in [-0.3, -0.25) is 9.59 Å². The van der Waals surface area contributed by atoms with E-state index in [9.17, 15) is 18.0 Å². The number of benzene rings is 2. The quantitative estimate of drug-likeness (QED) is 0.730. The topological polar surface area (TPSA) is 105 Å². The van der Waals surface area contributed by atoms with Gasteiger partial charge in [0.05, 0.1) is 18.1 Å². The van der Waals surface area contributed by atoms with Crippen LogP contribution in [-0.2, 0) is 28.0 Å². The van der Waals surface area contributed by atoms with E-state index >= 15 is 0 Å². The minimum atomic E-state index is -4.11. The molecule has 2 heterocycles. The summed E-state index contributed by atoms with van der Waals surface area (Å²) in [6.45, 7) is 0.769. The number of pyridine rings is 1. The van der Waals surface area contributed by atoms with Gasteiger partial charge in [0.15, 0.2) is 0 Å². The molecule has 0 radical (unpaired) electrons. The van der Waals surface area contributed by atoms with Gasteiger partial charge in [-0.15, -0.1) is 0 Å². The molecule has 0 aliphatic carbocycles. The number of carbonyl (C=O) groups is 1. The third kappa shape index (κ3) is 2.89. The fraction of sp³-hybridized carbons (Fsp3) is 0.111. The number of H-pyrrole nitrogens is 1. The summed E-state index contributed by atoms with van der Waals surface area (Å²) in [5, 5.41) is 0.629. The minimum Gasteiger partial charge on any atom is -0.372 e. The molecule has 0 bridgehead atoms. The van der Waals surface area contributed by atoms with Crippen LogP contribution >= 0.6 is 0 Å². The molecule has 0 unspecified atom stereocenters. The van der Waals surface area contributed by atoms with Crippen LogP contribution in [0, 0.1) is 0 Å². The van der Waals surface area contributed by atoms with Gasteiger partial charge in [-0.1, -0.05) is 24.3 Å². The van der Waals surface area contributed by atoms with Crippen molar-refractivity contribution < 1.29 is 17.9 Å². The average molecular weight is 370 g/mol. The van der Waals surface area contributed by atoms with Gasteiger partial charge in [-0.05, 0) is 40.8 Å². The second-order valence-electron chi connectivity index (χ2n) is 5.96. The first-order chi connectivity index (χ1) is 12.4. The molecular formula is C18H14N2O5S. The van der Waals surface area contributed by atoms with Gasteiger partial charge in [0, 0.05) is 5.52 Å². The van der Waals surface area contributed by atoms with E-state index in [1.54, 1.807) is 30.3 Å². The standard InChI is InChI=1S/C18H14N2O5S/c21-17-15(8-11-3-1-2-4-16(11)19-17)18(22)20-26(23,24)14-6-5-12-9-25-10-13(12)7-14/h1-8H,9-10H2,(H,19,21)(H,20,22). The third-order valence-electron chi connectivity index (χ3n) is 4.23. The summed E-state index contributed by atoms with van der Waals surface area (Å²) >= 11 is 0. The Morgan fingerprint density at radius 3 is 2.65 bits per heavy atom. The van der Waals surface area contributed by atoms with Crippen molar-refractivity contribution in [2.75, 3.05) is 0 Å². The number of sulfonamides is 1. The monoisotopic (exact) mass is 370 g/mol. The molecule has 2 N–H and O–H groups in total. The van der Waals surface area contributed by atoms with Crippen molar-refractivity contribution in [3.63, 3.8) is 0 Å². The number of rotatable bonds is 3. The summed E-state index contributed by atoms with van der Waals surface area (Å²) in [5.74, 6) is -0.978. The lowest BCUT2D eigenvalue weighted by Gasteiger charge is -2.08. The highest BCUT2D eigenvalue weighted by Gasteiger charge is 2.23. The van der Waals surface area contributed by atoms with E-state index in [1.165, 1.54) is 18.2 Å². The average Bonchev–Trinajstić information content (AvgIpc) is 3.08. The lowest BCUT2D eigenvalue weighted by Crippen LogP contribution is -2.34. The van der Waals surface area contributed by atoms with Crippen molar-refractivity contribution in [3.05, 3.63) is 75.6 Å². The highest BCUT2D eigenvalue weighted by atomic mass is 32.2. The van der Waals surface area contributed by atoms with Crippen LogP contribution in [0.5, 0.6) is 0 Å². The van der Waals surface area contributed by atoms with E-state index < -0.39 is 21.5 Å². The van der Waals surface area contributed by atoms with E-state index in [0.29, 0.717) is 24.1 Å². The number of aromatic nitrogens is 1. The van der Waals surface area contributed by atoms with E-state index in [2.05, 4.69) is 4.98 Å². The van der Waals surface area contributed by atoms with Crippen LogP contribution in [0.2, 0.25) is 0 Å². The van der Waals surface area contributed by atoms with Crippen LogP contribution in [0.4, 0.5) is 0 Å². The van der Waals surface area contributed by atoms with Crippen LogP contribution in [0.1, 0.15) is 21.5 Å². The zero-order chi connectivity index (χ0) is 18.3. The molecule has 4 rings (SSSR count). The van der Waals surface area contributed by atoms with Crippen molar-refractivity contribution in [2.45, 2.75) is 18.1 Å². The summed E-state index contributed by atoms with van der Waals surface area (Å²) in [6, 6.07) is 12.8. The zero-order valence-electron chi connectivity index (χ0n) is 13.5. The molecule has 0 spiro atoms. The maximum Gasteiger partial charge on any atom is 0.270 e. The molecule has 132 valence electrons. The number of para-hydroxylation sites is 1. The van der Waals surface area contributed by atoms with Gasteiger partial charge >= 0.3 is 0 Å². The van der Waals surface area contributed by atoms with Gasteiger partial charge < -0.3 is 9.72 Å². The molecule has 1 aliphatic heterocycles. The third-order valence-corrected chi connectivity index (χ3v) is 5.56. The summed E-state index contributed by atoms with van der Waals surface area (Å²) in [7, 11) is -4.11. The van der Waals surface area contributed by atoms with E-state index in [1.807, 2.05) is 4.72 Å². The molecule has 8 heteroatoms. The number of hydrogen-bond acceptors (Lipinski definition) is 5. The lowest BCUT2D eigenvalue weighted by atomic mass is 10.1. The molecule has 2 aromatic carbocycles. The SMILES string of the molecule is O=C(NS(=O)(=O)c1ccc2c(c1)COC2)c1cc2ccccc2[nH]c1=O. The Morgan fingerprint density at radius 1 is 1.04 bits per heavy atom. The molecule has 1 amide bonds. The molecule has 0 fully saturated rings. The van der Waals surface area contributed by atoms with Crippen LogP contribution in [-0.4, -0.2) is 19.3 Å². The predicted octanol–water partition coefficient (Wildman–Crippen LogP) is 1.68. The summed E-state index contributed by atoms with van der Waals surface area (Å²) in [4.78, 5) is 27.0. The molecule has 1 aromatic heterocycles. The first-order valence-electron chi connectivity index (χ1n) is 7.83. The Bertz CT molecular complexity index is 1200. The number of amides is 1. The van der Waals surface area contributed by atoms with E-state index in [0.717, 1.165) is 11.1 Å². The second kappa shape index (κ2) is 6.08. The van der Waals surface area contributed by atoms with E-state index in [-0.39, 0.29) is 10.5 Å². The number of fused-ring (bicyclic) bond motifs is 2. The highest BCUT2D eigenvalue weighted by molar-refractivity contribution is 7.90. The summed E-state index contributed by atoms with van der Waals surface area (Å²) in [6.07, 6.45) is 0. The van der Waals surface area contributed by atoms with Crippen LogP contribution in [0.25, 0.3) is 10.9 Å². The number of hydrogen-bond donors (Lipinski definition) is 2.